The maximum atomic E-state index is 11.8. The Kier molecular flexibility index (Phi) is 7.01. The number of nitrogens with one attached hydrogen (secondary N) is 2. The molecule has 0 aliphatic heterocycles. The minimum absolute atomic E-state index is 0.0194. The molecule has 1 atom stereocenters. The Bertz CT molecular complexity index is 523. The van der Waals surface area contributed by atoms with Crippen LogP contribution in [0.5, 0.6) is 0 Å². The van der Waals surface area contributed by atoms with Gasteiger partial charge in [0.1, 0.15) is 0 Å². The van der Waals surface area contributed by atoms with E-state index in [1.165, 1.54) is 11.8 Å². The molecule has 1 aromatic carbocycles. The van der Waals surface area contributed by atoms with Gasteiger partial charge in [0.15, 0.2) is 0 Å². The predicted octanol–water partition coefficient (Wildman–Crippen LogP) is 2.10. The molecule has 0 bridgehead atoms. The largest absolute Gasteiger partial charge is 0.346 e. The van der Waals surface area contributed by atoms with Crippen LogP contribution in [0.15, 0.2) is 23.1 Å². The van der Waals surface area contributed by atoms with Crippen molar-refractivity contribution >= 4 is 40.9 Å². The van der Waals surface area contributed by atoms with E-state index >= 15 is 0 Å². The summed E-state index contributed by atoms with van der Waals surface area (Å²) < 4.78 is 0. The molecule has 1 rings (SSSR count). The van der Waals surface area contributed by atoms with Crippen LogP contribution in [0, 0.1) is 5.92 Å². The molecule has 0 spiro atoms. The van der Waals surface area contributed by atoms with Crippen molar-refractivity contribution in [2.24, 2.45) is 11.7 Å². The Hall–Kier alpha value is -1.24. The molecule has 5 nitrogen and oxygen atoms in total. The number of amides is 2. The predicted molar refractivity (Wildman–Crippen MR) is 87.7 cm³/mol. The summed E-state index contributed by atoms with van der Waals surface area (Å²) in [5, 5.41) is 5.75. The van der Waals surface area contributed by atoms with Crippen LogP contribution in [-0.2, 0) is 9.59 Å². The van der Waals surface area contributed by atoms with Crippen molar-refractivity contribution < 1.29 is 9.59 Å². The van der Waals surface area contributed by atoms with Gasteiger partial charge in [-0.1, -0.05) is 25.4 Å². The van der Waals surface area contributed by atoms with Gasteiger partial charge in [0.05, 0.1) is 17.6 Å². The molecule has 0 aliphatic carbocycles. The molecule has 0 aliphatic rings. The van der Waals surface area contributed by atoms with E-state index in [9.17, 15) is 9.59 Å². The second-order valence-electron chi connectivity index (χ2n) is 4.89. The smallest absolute Gasteiger partial charge is 0.243 e. The van der Waals surface area contributed by atoms with Gasteiger partial charge in [-0.05, 0) is 30.4 Å². The normalized spacial score (nSPS) is 12.1. The summed E-state index contributed by atoms with van der Waals surface area (Å²) >= 11 is 7.59. The monoisotopic (exact) mass is 329 g/mol. The lowest BCUT2D eigenvalue weighted by Crippen LogP contribution is -2.46. The van der Waals surface area contributed by atoms with Gasteiger partial charge in [-0.15, -0.1) is 11.8 Å². The van der Waals surface area contributed by atoms with Crippen molar-refractivity contribution in [2.45, 2.75) is 24.8 Å². The van der Waals surface area contributed by atoms with Crippen LogP contribution in [0.4, 0.5) is 5.69 Å². The van der Waals surface area contributed by atoms with Crippen LogP contribution < -0.4 is 16.4 Å². The number of nitrogens with two attached hydrogens (primary N) is 1. The summed E-state index contributed by atoms with van der Waals surface area (Å²) in [6, 6.07) is 4.65. The molecule has 1 aromatic rings. The van der Waals surface area contributed by atoms with Crippen molar-refractivity contribution in [2.75, 3.05) is 18.1 Å². The summed E-state index contributed by atoms with van der Waals surface area (Å²) in [5.74, 6) is -0.644. The van der Waals surface area contributed by atoms with Gasteiger partial charge in [-0.3, -0.25) is 9.59 Å². The highest BCUT2D eigenvalue weighted by molar-refractivity contribution is 7.98. The number of thioether (sulfide) groups is 1. The van der Waals surface area contributed by atoms with E-state index in [1.54, 1.807) is 12.1 Å². The zero-order chi connectivity index (χ0) is 16.0. The van der Waals surface area contributed by atoms with Crippen LogP contribution in [0.2, 0.25) is 5.02 Å². The van der Waals surface area contributed by atoms with Crippen LogP contribution in [0.3, 0.4) is 0 Å². The molecular weight excluding hydrogens is 310 g/mol. The topological polar surface area (TPSA) is 84.2 Å². The molecule has 21 heavy (non-hydrogen) atoms. The van der Waals surface area contributed by atoms with Gasteiger partial charge in [0.2, 0.25) is 11.8 Å². The second-order valence-corrected chi connectivity index (χ2v) is 6.14. The zero-order valence-corrected chi connectivity index (χ0v) is 13.8. The molecule has 0 heterocycles. The van der Waals surface area contributed by atoms with Crippen molar-refractivity contribution in [1.82, 2.24) is 5.32 Å². The highest BCUT2D eigenvalue weighted by atomic mass is 35.5. The average Bonchev–Trinajstić information content (AvgIpc) is 2.44. The van der Waals surface area contributed by atoms with E-state index in [1.807, 2.05) is 26.2 Å². The summed E-state index contributed by atoms with van der Waals surface area (Å²) in [4.78, 5) is 24.3. The molecule has 0 saturated carbocycles. The number of carbonyl (C=O) groups is 2. The number of benzene rings is 1. The van der Waals surface area contributed by atoms with Crippen molar-refractivity contribution in [3.8, 4) is 0 Å². The van der Waals surface area contributed by atoms with Gasteiger partial charge < -0.3 is 16.4 Å². The molecule has 0 radical (unpaired) electrons. The van der Waals surface area contributed by atoms with Crippen molar-refractivity contribution in [3.05, 3.63) is 23.2 Å². The highest BCUT2D eigenvalue weighted by Crippen LogP contribution is 2.27. The maximum absolute atomic E-state index is 11.8. The third kappa shape index (κ3) is 5.57. The molecule has 4 N–H and O–H groups in total. The molecule has 7 heteroatoms. The first kappa shape index (κ1) is 17.8. The lowest BCUT2D eigenvalue weighted by Gasteiger charge is -2.15. The number of rotatable bonds is 6. The number of anilines is 1. The molecule has 2 amide bonds. The van der Waals surface area contributed by atoms with Gasteiger partial charge in [0.25, 0.3) is 0 Å². The Morgan fingerprint density at radius 2 is 2.05 bits per heavy atom. The standard InChI is InChI=1S/C14H20ClN3O2S/c1-8(2)13(16)14(20)17-7-12(19)18-9-4-5-11(21-3)10(15)6-9/h4-6,8,13H,7,16H2,1-3H3,(H,17,20)(H,18,19)/t13-/m0/s1. The van der Waals surface area contributed by atoms with E-state index < -0.39 is 6.04 Å². The first-order valence-electron chi connectivity index (χ1n) is 6.51. The van der Waals surface area contributed by atoms with Gasteiger partial charge in [-0.2, -0.15) is 0 Å². The first-order chi connectivity index (χ1) is 9.85. The fourth-order valence-corrected chi connectivity index (χ4v) is 2.41. The number of hydrogen-bond donors (Lipinski definition) is 3. The molecule has 0 unspecified atom stereocenters. The third-order valence-electron chi connectivity index (χ3n) is 2.88. The Morgan fingerprint density at radius 1 is 1.38 bits per heavy atom. The lowest BCUT2D eigenvalue weighted by molar-refractivity contribution is -0.125. The third-order valence-corrected chi connectivity index (χ3v) is 4.10. The summed E-state index contributed by atoms with van der Waals surface area (Å²) in [7, 11) is 0. The fraction of sp³-hybridized carbons (Fsp3) is 0.429. The summed E-state index contributed by atoms with van der Waals surface area (Å²) in [5.41, 5.74) is 6.28. The van der Waals surface area contributed by atoms with E-state index in [0.717, 1.165) is 4.90 Å². The number of hydrogen-bond acceptors (Lipinski definition) is 4. The van der Waals surface area contributed by atoms with Crippen molar-refractivity contribution in [1.29, 1.82) is 0 Å². The Balaban J connectivity index is 2.51. The maximum Gasteiger partial charge on any atom is 0.243 e. The minimum Gasteiger partial charge on any atom is -0.346 e. The SMILES string of the molecule is CSc1ccc(NC(=O)CNC(=O)[C@@H](N)C(C)C)cc1Cl. The lowest BCUT2D eigenvalue weighted by atomic mass is 10.1. The fourth-order valence-electron chi connectivity index (χ4n) is 1.54. The van der Waals surface area contributed by atoms with Crippen LogP contribution in [0.25, 0.3) is 0 Å². The summed E-state index contributed by atoms with van der Waals surface area (Å²) in [6.45, 7) is 3.57. The van der Waals surface area contributed by atoms with E-state index in [0.29, 0.717) is 10.7 Å². The molecule has 0 aromatic heterocycles. The van der Waals surface area contributed by atoms with Gasteiger partial charge >= 0.3 is 0 Å². The summed E-state index contributed by atoms with van der Waals surface area (Å²) in [6.07, 6.45) is 1.92. The molecule has 0 fully saturated rings. The molecule has 116 valence electrons. The van der Waals surface area contributed by atoms with E-state index in [4.69, 9.17) is 17.3 Å². The van der Waals surface area contributed by atoms with Crippen molar-refractivity contribution in [3.63, 3.8) is 0 Å². The van der Waals surface area contributed by atoms with Crippen LogP contribution in [0.1, 0.15) is 13.8 Å². The minimum atomic E-state index is -0.617. The molecular formula is C14H20ClN3O2S. The van der Waals surface area contributed by atoms with Gasteiger partial charge in [0, 0.05) is 10.6 Å². The number of halogens is 1. The first-order valence-corrected chi connectivity index (χ1v) is 8.12. The quantitative estimate of drug-likeness (QED) is 0.698. The van der Waals surface area contributed by atoms with Crippen LogP contribution >= 0.6 is 23.4 Å². The Labute approximate surface area is 134 Å². The van der Waals surface area contributed by atoms with Crippen LogP contribution in [-0.4, -0.2) is 30.7 Å². The molecule has 0 saturated heterocycles. The zero-order valence-electron chi connectivity index (χ0n) is 12.3. The number of carbonyl (C=O) groups excluding carboxylic acids is 2. The van der Waals surface area contributed by atoms with E-state index in [-0.39, 0.29) is 24.3 Å². The second kappa shape index (κ2) is 8.26. The average molecular weight is 330 g/mol. The van der Waals surface area contributed by atoms with Gasteiger partial charge in [-0.25, -0.2) is 0 Å². The highest BCUT2D eigenvalue weighted by Gasteiger charge is 2.17. The van der Waals surface area contributed by atoms with E-state index in [2.05, 4.69) is 10.6 Å². The Morgan fingerprint density at radius 3 is 2.57 bits per heavy atom.